The smallest absolute Gasteiger partial charge is 0.253 e. The van der Waals surface area contributed by atoms with Crippen molar-refractivity contribution in [1.29, 1.82) is 0 Å². The minimum atomic E-state index is -0.516. The Hall–Kier alpha value is -1.63. The van der Waals surface area contributed by atoms with E-state index in [2.05, 4.69) is 5.32 Å². The summed E-state index contributed by atoms with van der Waals surface area (Å²) in [4.78, 5) is 12.0. The van der Waals surface area contributed by atoms with Gasteiger partial charge in [0, 0.05) is 18.8 Å². The Morgan fingerprint density at radius 2 is 2.23 bits per heavy atom. The Morgan fingerprint density at radius 3 is 2.86 bits per heavy atom. The first-order valence-corrected chi connectivity index (χ1v) is 7.66. The zero-order valence-corrected chi connectivity index (χ0v) is 12.9. The van der Waals surface area contributed by atoms with Crippen molar-refractivity contribution in [3.05, 3.63) is 24.3 Å². The van der Waals surface area contributed by atoms with Crippen LogP contribution in [0.4, 0.5) is 5.69 Å². The van der Waals surface area contributed by atoms with E-state index in [0.717, 1.165) is 25.2 Å². The third-order valence-corrected chi connectivity index (χ3v) is 3.43. The second-order valence-corrected chi connectivity index (χ2v) is 5.26. The Kier molecular flexibility index (Phi) is 6.64. The van der Waals surface area contributed by atoms with Crippen LogP contribution >= 0.6 is 0 Å². The van der Waals surface area contributed by atoms with Crippen molar-refractivity contribution in [2.24, 2.45) is 5.73 Å². The highest BCUT2D eigenvalue weighted by molar-refractivity contribution is 5.93. The molecule has 0 aromatic heterocycles. The lowest BCUT2D eigenvalue weighted by atomic mass is 10.2. The summed E-state index contributed by atoms with van der Waals surface area (Å²) in [5.41, 5.74) is 6.08. The van der Waals surface area contributed by atoms with E-state index in [1.165, 1.54) is 0 Å². The number of rotatable bonds is 8. The lowest BCUT2D eigenvalue weighted by molar-refractivity contribution is -0.128. The molecule has 1 aliphatic rings. The van der Waals surface area contributed by atoms with Crippen molar-refractivity contribution < 1.29 is 19.0 Å². The zero-order valence-electron chi connectivity index (χ0n) is 12.9. The molecule has 2 atom stereocenters. The Balaban J connectivity index is 1.75. The van der Waals surface area contributed by atoms with Crippen LogP contribution in [0.2, 0.25) is 0 Å². The van der Waals surface area contributed by atoms with Gasteiger partial charge in [-0.1, -0.05) is 0 Å². The van der Waals surface area contributed by atoms with Crippen molar-refractivity contribution in [1.82, 2.24) is 0 Å². The Labute approximate surface area is 130 Å². The minimum Gasteiger partial charge on any atom is -0.492 e. The fraction of sp³-hybridized carbons (Fsp3) is 0.562. The molecule has 1 aliphatic heterocycles. The van der Waals surface area contributed by atoms with E-state index in [9.17, 15) is 4.79 Å². The van der Waals surface area contributed by atoms with Crippen LogP contribution in [0.3, 0.4) is 0 Å². The van der Waals surface area contributed by atoms with Crippen molar-refractivity contribution in [2.45, 2.75) is 32.0 Å². The molecule has 6 nitrogen and oxygen atoms in total. The number of ether oxygens (including phenoxy) is 3. The highest BCUT2D eigenvalue weighted by Gasteiger charge is 2.19. The highest BCUT2D eigenvalue weighted by atomic mass is 16.5. The van der Waals surface area contributed by atoms with Gasteiger partial charge in [-0.05, 0) is 44.0 Å². The third kappa shape index (κ3) is 5.29. The van der Waals surface area contributed by atoms with Gasteiger partial charge in [-0.2, -0.15) is 0 Å². The maximum absolute atomic E-state index is 12.0. The van der Waals surface area contributed by atoms with E-state index in [4.69, 9.17) is 19.9 Å². The van der Waals surface area contributed by atoms with E-state index in [0.29, 0.717) is 25.4 Å². The summed E-state index contributed by atoms with van der Waals surface area (Å²) in [6, 6.07) is 7.17. The topological polar surface area (TPSA) is 82.8 Å². The van der Waals surface area contributed by atoms with Gasteiger partial charge < -0.3 is 25.3 Å². The maximum Gasteiger partial charge on any atom is 0.253 e. The molecule has 2 unspecified atom stereocenters. The summed E-state index contributed by atoms with van der Waals surface area (Å²) in [6.07, 6.45) is 1.66. The molecule has 1 heterocycles. The van der Waals surface area contributed by atoms with Gasteiger partial charge in [-0.15, -0.1) is 0 Å². The van der Waals surface area contributed by atoms with Gasteiger partial charge in [0.25, 0.3) is 5.91 Å². The number of nitrogens with one attached hydrogen (secondary N) is 1. The third-order valence-electron chi connectivity index (χ3n) is 3.43. The van der Waals surface area contributed by atoms with E-state index < -0.39 is 6.10 Å². The number of benzene rings is 1. The first kappa shape index (κ1) is 16.7. The number of nitrogens with two attached hydrogens (primary N) is 1. The maximum atomic E-state index is 12.0. The van der Waals surface area contributed by atoms with Crippen LogP contribution in [0.5, 0.6) is 5.75 Å². The molecule has 122 valence electrons. The fourth-order valence-electron chi connectivity index (χ4n) is 2.16. The number of hydrogen-bond acceptors (Lipinski definition) is 5. The van der Waals surface area contributed by atoms with E-state index in [-0.39, 0.29) is 12.0 Å². The van der Waals surface area contributed by atoms with E-state index in [1.54, 1.807) is 31.2 Å². The average Bonchev–Trinajstić information content (AvgIpc) is 3.05. The van der Waals surface area contributed by atoms with Crippen LogP contribution in [-0.2, 0) is 14.3 Å². The number of hydrogen-bond donors (Lipinski definition) is 2. The molecule has 0 spiro atoms. The molecule has 0 saturated carbocycles. The normalized spacial score (nSPS) is 18.9. The van der Waals surface area contributed by atoms with Gasteiger partial charge in [0.2, 0.25) is 0 Å². The molecule has 0 radical (unpaired) electrons. The summed E-state index contributed by atoms with van der Waals surface area (Å²) >= 11 is 0. The summed E-state index contributed by atoms with van der Waals surface area (Å²) in [5, 5.41) is 2.82. The van der Waals surface area contributed by atoms with Crippen molar-refractivity contribution in [2.75, 3.05) is 31.7 Å². The second kappa shape index (κ2) is 8.73. The molecule has 0 bridgehead atoms. The molecule has 1 aromatic carbocycles. The molecule has 1 fully saturated rings. The van der Waals surface area contributed by atoms with E-state index in [1.807, 2.05) is 0 Å². The molecule has 1 amide bonds. The molecule has 6 heteroatoms. The molecule has 0 aliphatic carbocycles. The molecule has 1 saturated heterocycles. The van der Waals surface area contributed by atoms with E-state index >= 15 is 0 Å². The monoisotopic (exact) mass is 308 g/mol. The highest BCUT2D eigenvalue weighted by Crippen LogP contribution is 2.16. The Bertz CT molecular complexity index is 458. The van der Waals surface area contributed by atoms with Crippen LogP contribution in [0.15, 0.2) is 24.3 Å². The summed E-state index contributed by atoms with van der Waals surface area (Å²) in [6.45, 7) is 3.93. The fourth-order valence-corrected chi connectivity index (χ4v) is 2.16. The largest absolute Gasteiger partial charge is 0.492 e. The lowest BCUT2D eigenvalue weighted by Gasteiger charge is -2.16. The number of carbonyl (C=O) groups is 1. The van der Waals surface area contributed by atoms with Gasteiger partial charge in [0.05, 0.1) is 12.7 Å². The number of carbonyl (C=O) groups excluding carboxylic acids is 1. The second-order valence-electron chi connectivity index (χ2n) is 5.26. The van der Waals surface area contributed by atoms with Gasteiger partial charge in [-0.3, -0.25) is 4.79 Å². The molecular formula is C16H24N2O4. The summed E-state index contributed by atoms with van der Waals surface area (Å²) in [5.74, 6) is 0.555. The summed E-state index contributed by atoms with van der Waals surface area (Å²) < 4.78 is 16.4. The van der Waals surface area contributed by atoms with Gasteiger partial charge >= 0.3 is 0 Å². The van der Waals surface area contributed by atoms with Crippen LogP contribution in [0, 0.1) is 0 Å². The van der Waals surface area contributed by atoms with Gasteiger partial charge in [-0.25, -0.2) is 0 Å². The molecule has 1 aromatic rings. The molecule has 2 rings (SSSR count). The number of anilines is 1. The standard InChI is InChI=1S/C16H24N2O4/c1-12(22-11-15-3-2-9-20-15)16(19)18-13-4-6-14(7-5-13)21-10-8-17/h4-7,12,15H,2-3,8-11,17H2,1H3,(H,18,19). The summed E-state index contributed by atoms with van der Waals surface area (Å²) in [7, 11) is 0. The van der Waals surface area contributed by atoms with Crippen LogP contribution in [0.25, 0.3) is 0 Å². The Morgan fingerprint density at radius 1 is 1.45 bits per heavy atom. The minimum absolute atomic E-state index is 0.120. The van der Waals surface area contributed by atoms with Crippen LogP contribution < -0.4 is 15.8 Å². The first-order chi connectivity index (χ1) is 10.7. The molecular weight excluding hydrogens is 284 g/mol. The average molecular weight is 308 g/mol. The van der Waals surface area contributed by atoms with Crippen LogP contribution in [0.1, 0.15) is 19.8 Å². The van der Waals surface area contributed by atoms with Crippen LogP contribution in [-0.4, -0.2) is 44.5 Å². The van der Waals surface area contributed by atoms with Gasteiger partial charge in [0.15, 0.2) is 0 Å². The van der Waals surface area contributed by atoms with Crippen molar-refractivity contribution >= 4 is 11.6 Å². The quantitative estimate of drug-likeness (QED) is 0.761. The predicted molar refractivity (Wildman–Crippen MR) is 84.0 cm³/mol. The van der Waals surface area contributed by atoms with Gasteiger partial charge in [0.1, 0.15) is 18.5 Å². The lowest BCUT2D eigenvalue weighted by Crippen LogP contribution is -2.30. The number of amides is 1. The van der Waals surface area contributed by atoms with Crippen molar-refractivity contribution in [3.8, 4) is 5.75 Å². The SMILES string of the molecule is CC(OCC1CCCO1)C(=O)Nc1ccc(OCCN)cc1. The molecule has 22 heavy (non-hydrogen) atoms. The first-order valence-electron chi connectivity index (χ1n) is 7.66. The zero-order chi connectivity index (χ0) is 15.8. The van der Waals surface area contributed by atoms with Crippen molar-refractivity contribution in [3.63, 3.8) is 0 Å². The predicted octanol–water partition coefficient (Wildman–Crippen LogP) is 1.55. The molecule has 3 N–H and O–H groups in total.